The highest BCUT2D eigenvalue weighted by atomic mass is 16.2. The minimum absolute atomic E-state index is 0.123. The van der Waals surface area contributed by atoms with Crippen LogP contribution in [0, 0.1) is 6.92 Å². The smallest absolute Gasteiger partial charge is 0.251 e. The molecule has 0 saturated carbocycles. The van der Waals surface area contributed by atoms with Crippen molar-refractivity contribution in [1.29, 1.82) is 0 Å². The highest BCUT2D eigenvalue weighted by molar-refractivity contribution is 6.01. The summed E-state index contributed by atoms with van der Waals surface area (Å²) in [6.07, 6.45) is 0.914. The fourth-order valence-electron chi connectivity index (χ4n) is 2.05. The zero-order valence-corrected chi connectivity index (χ0v) is 10.6. The Morgan fingerprint density at radius 1 is 1.39 bits per heavy atom. The van der Waals surface area contributed by atoms with E-state index in [4.69, 9.17) is 5.73 Å². The first-order chi connectivity index (χ1) is 8.50. The molecule has 18 heavy (non-hydrogen) atoms. The van der Waals surface area contributed by atoms with Gasteiger partial charge in [-0.15, -0.1) is 0 Å². The van der Waals surface area contributed by atoms with Gasteiger partial charge in [0.05, 0.1) is 0 Å². The molecular weight excluding hydrogens is 230 g/mol. The van der Waals surface area contributed by atoms with Crippen LogP contribution in [0.4, 0.5) is 11.4 Å². The quantitative estimate of drug-likeness (QED) is 0.607. The van der Waals surface area contributed by atoms with Crippen LogP contribution < -0.4 is 11.1 Å². The molecule has 1 aliphatic heterocycles. The molecule has 0 aliphatic carbocycles. The highest BCUT2D eigenvalue weighted by Crippen LogP contribution is 2.23. The summed E-state index contributed by atoms with van der Waals surface area (Å²) in [5, 5.41) is 3.17. The van der Waals surface area contributed by atoms with Crippen molar-refractivity contribution in [3.63, 3.8) is 0 Å². The average Bonchev–Trinajstić information content (AvgIpc) is 2.35. The van der Waals surface area contributed by atoms with E-state index in [2.05, 4.69) is 5.32 Å². The first-order valence-electron chi connectivity index (χ1n) is 5.92. The lowest BCUT2D eigenvalue weighted by Crippen LogP contribution is -2.48. The molecule has 0 spiro atoms. The number of likely N-dealkylation sites (tertiary alicyclic amines) is 1. The molecule has 1 aromatic rings. The largest absolute Gasteiger partial charge is 0.398 e. The zero-order chi connectivity index (χ0) is 13.3. The number of nitrogen functional groups attached to an aromatic ring is 1. The van der Waals surface area contributed by atoms with Crippen molar-refractivity contribution in [2.45, 2.75) is 25.8 Å². The standard InChI is InChI=1S/C13H17N3O2/c1-8-9(14)4-3-5-10(8)15-11-6-7-12(17)16(2)13(11)18/h3-5,11,15H,6-7,14H2,1-2H3. The SMILES string of the molecule is Cc1c(N)cccc1NC1CCC(=O)N(C)C1=O. The Kier molecular flexibility index (Phi) is 3.23. The Bertz CT molecular complexity index is 499. The first-order valence-corrected chi connectivity index (χ1v) is 5.92. The molecular formula is C13H17N3O2. The Hall–Kier alpha value is -2.04. The molecule has 0 radical (unpaired) electrons. The maximum Gasteiger partial charge on any atom is 0.251 e. The minimum Gasteiger partial charge on any atom is -0.398 e. The lowest BCUT2D eigenvalue weighted by atomic mass is 10.0. The number of imide groups is 1. The monoisotopic (exact) mass is 247 g/mol. The van der Waals surface area contributed by atoms with Gasteiger partial charge in [0.25, 0.3) is 5.91 Å². The van der Waals surface area contributed by atoms with E-state index >= 15 is 0 Å². The Balaban J connectivity index is 2.17. The topological polar surface area (TPSA) is 75.4 Å². The summed E-state index contributed by atoms with van der Waals surface area (Å²) >= 11 is 0. The fourth-order valence-corrected chi connectivity index (χ4v) is 2.05. The molecule has 5 nitrogen and oxygen atoms in total. The lowest BCUT2D eigenvalue weighted by molar-refractivity contribution is -0.146. The van der Waals surface area contributed by atoms with Crippen molar-refractivity contribution >= 4 is 23.2 Å². The van der Waals surface area contributed by atoms with Crippen molar-refractivity contribution in [2.75, 3.05) is 18.1 Å². The number of anilines is 2. The van der Waals surface area contributed by atoms with Crippen LogP contribution >= 0.6 is 0 Å². The summed E-state index contributed by atoms with van der Waals surface area (Å²) < 4.78 is 0. The van der Waals surface area contributed by atoms with Crippen LogP contribution in [-0.2, 0) is 9.59 Å². The number of nitrogens with zero attached hydrogens (tertiary/aromatic N) is 1. The van der Waals surface area contributed by atoms with Gasteiger partial charge in [0.15, 0.2) is 0 Å². The number of benzene rings is 1. The van der Waals surface area contributed by atoms with Crippen LogP contribution in [0.3, 0.4) is 0 Å². The average molecular weight is 247 g/mol. The molecule has 3 N–H and O–H groups in total. The minimum atomic E-state index is -0.354. The first kappa shape index (κ1) is 12.4. The number of likely N-dealkylation sites (N-methyl/N-ethyl adjacent to an activating group) is 1. The molecule has 1 aliphatic rings. The third kappa shape index (κ3) is 2.16. The Morgan fingerprint density at radius 2 is 2.11 bits per heavy atom. The van der Waals surface area contributed by atoms with Gasteiger partial charge in [-0.05, 0) is 31.0 Å². The molecule has 96 valence electrons. The van der Waals surface area contributed by atoms with Crippen molar-refractivity contribution < 1.29 is 9.59 Å². The predicted molar refractivity (Wildman–Crippen MR) is 70.0 cm³/mol. The van der Waals surface area contributed by atoms with Gasteiger partial charge in [0.2, 0.25) is 5.91 Å². The molecule has 1 saturated heterocycles. The Labute approximate surface area is 106 Å². The van der Waals surface area contributed by atoms with Crippen molar-refractivity contribution in [1.82, 2.24) is 4.90 Å². The third-order valence-corrected chi connectivity index (χ3v) is 3.36. The molecule has 0 bridgehead atoms. The van der Waals surface area contributed by atoms with Gasteiger partial charge in [0, 0.05) is 24.8 Å². The summed E-state index contributed by atoms with van der Waals surface area (Å²) in [5.74, 6) is -0.310. The number of carbonyl (C=O) groups is 2. The van der Waals surface area contributed by atoms with Gasteiger partial charge in [-0.2, -0.15) is 0 Å². The fraction of sp³-hybridized carbons (Fsp3) is 0.385. The molecule has 1 heterocycles. The summed E-state index contributed by atoms with van der Waals surface area (Å²) in [4.78, 5) is 24.5. The number of amides is 2. The van der Waals surface area contributed by atoms with E-state index in [1.54, 1.807) is 0 Å². The molecule has 2 amide bonds. The second kappa shape index (κ2) is 4.68. The van der Waals surface area contributed by atoms with E-state index in [0.29, 0.717) is 18.5 Å². The number of nitrogens with one attached hydrogen (secondary N) is 1. The number of rotatable bonds is 2. The molecule has 5 heteroatoms. The number of nitrogens with two attached hydrogens (primary N) is 1. The van der Waals surface area contributed by atoms with E-state index in [1.807, 2.05) is 25.1 Å². The van der Waals surface area contributed by atoms with E-state index in [9.17, 15) is 9.59 Å². The van der Waals surface area contributed by atoms with Crippen LogP contribution in [-0.4, -0.2) is 29.8 Å². The van der Waals surface area contributed by atoms with Crippen LogP contribution in [0.15, 0.2) is 18.2 Å². The highest BCUT2D eigenvalue weighted by Gasteiger charge is 2.31. The maximum absolute atomic E-state index is 11.9. The van der Waals surface area contributed by atoms with Gasteiger partial charge in [-0.1, -0.05) is 6.07 Å². The second-order valence-corrected chi connectivity index (χ2v) is 4.55. The maximum atomic E-state index is 11.9. The zero-order valence-electron chi connectivity index (χ0n) is 10.6. The molecule has 1 atom stereocenters. The number of hydrogen-bond acceptors (Lipinski definition) is 4. The number of hydrogen-bond donors (Lipinski definition) is 2. The predicted octanol–water partition coefficient (Wildman–Crippen LogP) is 1.14. The van der Waals surface area contributed by atoms with Crippen LogP contribution in [0.2, 0.25) is 0 Å². The second-order valence-electron chi connectivity index (χ2n) is 4.55. The van der Waals surface area contributed by atoms with E-state index < -0.39 is 0 Å². The lowest BCUT2D eigenvalue weighted by Gasteiger charge is -2.29. The summed E-state index contributed by atoms with van der Waals surface area (Å²) in [6, 6.07) is 5.19. The molecule has 1 unspecified atom stereocenters. The van der Waals surface area contributed by atoms with Crippen molar-refractivity contribution in [3.05, 3.63) is 23.8 Å². The summed E-state index contributed by atoms with van der Waals surface area (Å²) in [7, 11) is 1.52. The molecule has 1 aromatic carbocycles. The van der Waals surface area contributed by atoms with Crippen molar-refractivity contribution in [2.24, 2.45) is 0 Å². The summed E-state index contributed by atoms with van der Waals surface area (Å²) in [6.45, 7) is 1.90. The molecule has 1 fully saturated rings. The van der Waals surface area contributed by atoms with E-state index in [0.717, 1.165) is 11.3 Å². The number of piperidine rings is 1. The third-order valence-electron chi connectivity index (χ3n) is 3.36. The van der Waals surface area contributed by atoms with Gasteiger partial charge < -0.3 is 11.1 Å². The van der Waals surface area contributed by atoms with Gasteiger partial charge >= 0.3 is 0 Å². The van der Waals surface area contributed by atoms with Crippen LogP contribution in [0.25, 0.3) is 0 Å². The Morgan fingerprint density at radius 3 is 2.83 bits per heavy atom. The van der Waals surface area contributed by atoms with Gasteiger partial charge in [-0.3, -0.25) is 14.5 Å². The van der Waals surface area contributed by atoms with Gasteiger partial charge in [0.1, 0.15) is 6.04 Å². The van der Waals surface area contributed by atoms with E-state index in [-0.39, 0.29) is 17.9 Å². The van der Waals surface area contributed by atoms with Crippen LogP contribution in [0.5, 0.6) is 0 Å². The summed E-state index contributed by atoms with van der Waals surface area (Å²) in [5.41, 5.74) is 8.27. The van der Waals surface area contributed by atoms with Gasteiger partial charge in [-0.25, -0.2) is 0 Å². The van der Waals surface area contributed by atoms with Crippen molar-refractivity contribution in [3.8, 4) is 0 Å². The molecule has 0 aromatic heterocycles. The number of carbonyl (C=O) groups excluding carboxylic acids is 2. The van der Waals surface area contributed by atoms with E-state index in [1.165, 1.54) is 11.9 Å². The molecule has 2 rings (SSSR count). The normalized spacial score (nSPS) is 20.1. The van der Waals surface area contributed by atoms with Crippen LogP contribution in [0.1, 0.15) is 18.4 Å².